The Kier molecular flexibility index (Phi) is 5.82. The number of rotatable bonds is 6. The van der Waals surface area contributed by atoms with Gasteiger partial charge in [0.1, 0.15) is 0 Å². The summed E-state index contributed by atoms with van der Waals surface area (Å²) in [6.07, 6.45) is 11.2. The highest BCUT2D eigenvalue weighted by atomic mass is 16.3. The van der Waals surface area contributed by atoms with Crippen molar-refractivity contribution in [2.45, 2.75) is 84.2 Å². The van der Waals surface area contributed by atoms with Crippen LogP contribution in [0.4, 0.5) is 0 Å². The van der Waals surface area contributed by atoms with Crippen LogP contribution in [0.25, 0.3) is 0 Å². The molecule has 0 spiro atoms. The van der Waals surface area contributed by atoms with Gasteiger partial charge in [-0.3, -0.25) is 0 Å². The van der Waals surface area contributed by atoms with Gasteiger partial charge in [-0.25, -0.2) is 0 Å². The van der Waals surface area contributed by atoms with Gasteiger partial charge in [-0.1, -0.05) is 58.8 Å². The van der Waals surface area contributed by atoms with Crippen molar-refractivity contribution < 1.29 is 5.11 Å². The van der Waals surface area contributed by atoms with Crippen molar-refractivity contribution in [2.75, 3.05) is 0 Å². The Bertz CT molecular complexity index is 186. The lowest BCUT2D eigenvalue weighted by molar-refractivity contribution is -0.0511. The molecule has 1 aliphatic carbocycles. The molecule has 1 N–H and O–H groups in total. The molecule has 3 atom stereocenters. The molecular formula is C15H30O. The molecule has 0 aromatic carbocycles. The van der Waals surface area contributed by atoms with Crippen molar-refractivity contribution in [1.82, 2.24) is 0 Å². The third kappa shape index (κ3) is 3.76. The summed E-state index contributed by atoms with van der Waals surface area (Å²) >= 11 is 0. The Balaban J connectivity index is 2.49. The molecule has 3 unspecified atom stereocenters. The number of hydrogen-bond acceptors (Lipinski definition) is 1. The minimum atomic E-state index is -0.406. The lowest BCUT2D eigenvalue weighted by atomic mass is 9.68. The molecule has 0 radical (unpaired) electrons. The first-order valence-electron chi connectivity index (χ1n) is 7.34. The van der Waals surface area contributed by atoms with Gasteiger partial charge in [0.15, 0.2) is 0 Å². The maximum atomic E-state index is 10.7. The third-order valence-corrected chi connectivity index (χ3v) is 4.52. The van der Waals surface area contributed by atoms with Crippen molar-refractivity contribution in [2.24, 2.45) is 11.8 Å². The van der Waals surface area contributed by atoms with Crippen molar-refractivity contribution in [1.29, 1.82) is 0 Å². The fourth-order valence-electron chi connectivity index (χ4n) is 3.43. The Hall–Kier alpha value is -0.0400. The smallest absolute Gasteiger partial charge is 0.0650 e. The molecule has 1 fully saturated rings. The van der Waals surface area contributed by atoms with Crippen LogP contribution >= 0.6 is 0 Å². The van der Waals surface area contributed by atoms with Gasteiger partial charge in [-0.2, -0.15) is 0 Å². The second-order valence-corrected chi connectivity index (χ2v) is 5.87. The van der Waals surface area contributed by atoms with Gasteiger partial charge >= 0.3 is 0 Å². The standard InChI is InChI=1S/C15H30O/c1-4-6-9-12-15(3,16)14-11-8-7-10-13(14)5-2/h13-14,16H,4-12H2,1-3H3. The zero-order chi connectivity index (χ0) is 12.0. The van der Waals surface area contributed by atoms with Crippen molar-refractivity contribution in [3.05, 3.63) is 0 Å². The van der Waals surface area contributed by atoms with Crippen LogP contribution in [0, 0.1) is 11.8 Å². The second-order valence-electron chi connectivity index (χ2n) is 5.87. The number of unbranched alkanes of at least 4 members (excludes halogenated alkanes) is 2. The minimum Gasteiger partial charge on any atom is -0.390 e. The zero-order valence-corrected chi connectivity index (χ0v) is 11.5. The van der Waals surface area contributed by atoms with E-state index >= 15 is 0 Å². The molecule has 1 heteroatoms. The molecule has 0 amide bonds. The van der Waals surface area contributed by atoms with Crippen LogP contribution in [0.1, 0.15) is 78.6 Å². The van der Waals surface area contributed by atoms with E-state index in [0.29, 0.717) is 5.92 Å². The number of hydrogen-bond donors (Lipinski definition) is 1. The predicted molar refractivity (Wildman–Crippen MR) is 70.5 cm³/mol. The van der Waals surface area contributed by atoms with E-state index in [-0.39, 0.29) is 0 Å². The van der Waals surface area contributed by atoms with Gasteiger partial charge in [0.25, 0.3) is 0 Å². The van der Waals surface area contributed by atoms with Crippen LogP contribution in [0.15, 0.2) is 0 Å². The highest BCUT2D eigenvalue weighted by Crippen LogP contribution is 2.41. The van der Waals surface area contributed by atoms with E-state index in [2.05, 4.69) is 20.8 Å². The predicted octanol–water partition coefficient (Wildman–Crippen LogP) is 4.53. The molecule has 0 aromatic heterocycles. The average molecular weight is 226 g/mol. The molecule has 1 aliphatic rings. The molecule has 1 rings (SSSR count). The SMILES string of the molecule is CCCCCC(C)(O)C1CCCCC1CC. The van der Waals surface area contributed by atoms with E-state index in [0.717, 1.165) is 12.3 Å². The van der Waals surface area contributed by atoms with Crippen LogP contribution in [-0.2, 0) is 0 Å². The summed E-state index contributed by atoms with van der Waals surface area (Å²) in [5, 5.41) is 10.7. The summed E-state index contributed by atoms with van der Waals surface area (Å²) in [7, 11) is 0. The van der Waals surface area contributed by atoms with E-state index in [1.807, 2.05) is 0 Å². The summed E-state index contributed by atoms with van der Waals surface area (Å²) < 4.78 is 0. The lowest BCUT2D eigenvalue weighted by Crippen LogP contribution is -2.40. The van der Waals surface area contributed by atoms with E-state index in [4.69, 9.17) is 0 Å². The maximum Gasteiger partial charge on any atom is 0.0650 e. The van der Waals surface area contributed by atoms with E-state index < -0.39 is 5.60 Å². The van der Waals surface area contributed by atoms with E-state index in [9.17, 15) is 5.11 Å². The Morgan fingerprint density at radius 2 is 1.81 bits per heavy atom. The van der Waals surface area contributed by atoms with Crippen molar-refractivity contribution >= 4 is 0 Å². The van der Waals surface area contributed by atoms with Gasteiger partial charge in [-0.15, -0.1) is 0 Å². The molecule has 1 nitrogen and oxygen atoms in total. The lowest BCUT2D eigenvalue weighted by Gasteiger charge is -2.41. The molecular weight excluding hydrogens is 196 g/mol. The van der Waals surface area contributed by atoms with Gasteiger partial charge in [0.2, 0.25) is 0 Å². The first-order valence-corrected chi connectivity index (χ1v) is 7.34. The van der Waals surface area contributed by atoms with Gasteiger partial charge < -0.3 is 5.11 Å². The van der Waals surface area contributed by atoms with Crippen molar-refractivity contribution in [3.63, 3.8) is 0 Å². The Morgan fingerprint density at radius 1 is 1.12 bits per heavy atom. The highest BCUT2D eigenvalue weighted by Gasteiger charge is 2.37. The molecule has 1 saturated carbocycles. The molecule has 0 saturated heterocycles. The number of aliphatic hydroxyl groups is 1. The summed E-state index contributed by atoms with van der Waals surface area (Å²) in [6, 6.07) is 0. The molecule has 0 aromatic rings. The molecule has 0 heterocycles. The van der Waals surface area contributed by atoms with Crippen molar-refractivity contribution in [3.8, 4) is 0 Å². The first-order chi connectivity index (χ1) is 7.61. The fraction of sp³-hybridized carbons (Fsp3) is 1.00. The summed E-state index contributed by atoms with van der Waals surface area (Å²) in [4.78, 5) is 0. The monoisotopic (exact) mass is 226 g/mol. The maximum absolute atomic E-state index is 10.7. The van der Waals surface area contributed by atoms with Crippen LogP contribution < -0.4 is 0 Å². The quantitative estimate of drug-likeness (QED) is 0.660. The summed E-state index contributed by atoms with van der Waals surface area (Å²) in [6.45, 7) is 6.59. The largest absolute Gasteiger partial charge is 0.390 e. The van der Waals surface area contributed by atoms with Crippen LogP contribution in [0.5, 0.6) is 0 Å². The zero-order valence-electron chi connectivity index (χ0n) is 11.5. The molecule has 16 heavy (non-hydrogen) atoms. The normalized spacial score (nSPS) is 30.0. The van der Waals surface area contributed by atoms with E-state index in [1.54, 1.807) is 0 Å². The summed E-state index contributed by atoms with van der Waals surface area (Å²) in [5.74, 6) is 1.33. The Morgan fingerprint density at radius 3 is 2.44 bits per heavy atom. The van der Waals surface area contributed by atoms with Crippen LogP contribution in [0.3, 0.4) is 0 Å². The summed E-state index contributed by atoms with van der Waals surface area (Å²) in [5.41, 5.74) is -0.406. The van der Waals surface area contributed by atoms with Crippen LogP contribution in [-0.4, -0.2) is 10.7 Å². The minimum absolute atomic E-state index is 0.406. The first kappa shape index (κ1) is 14.0. The second kappa shape index (κ2) is 6.64. The Labute approximate surface area is 102 Å². The van der Waals surface area contributed by atoms with Gasteiger partial charge in [0, 0.05) is 0 Å². The molecule has 96 valence electrons. The average Bonchev–Trinajstić information content (AvgIpc) is 2.29. The fourth-order valence-corrected chi connectivity index (χ4v) is 3.43. The highest BCUT2D eigenvalue weighted by molar-refractivity contribution is 4.88. The third-order valence-electron chi connectivity index (χ3n) is 4.52. The van der Waals surface area contributed by atoms with Gasteiger partial charge in [-0.05, 0) is 31.6 Å². The topological polar surface area (TPSA) is 20.2 Å². The molecule has 0 bridgehead atoms. The van der Waals surface area contributed by atoms with Gasteiger partial charge in [0.05, 0.1) is 5.60 Å². The van der Waals surface area contributed by atoms with E-state index in [1.165, 1.54) is 51.4 Å². The van der Waals surface area contributed by atoms with Crippen LogP contribution in [0.2, 0.25) is 0 Å². The molecule has 0 aliphatic heterocycles.